The fourth-order valence-corrected chi connectivity index (χ4v) is 2.20. The van der Waals surface area contributed by atoms with Crippen LogP contribution in [0.15, 0.2) is 36.4 Å². The van der Waals surface area contributed by atoms with Gasteiger partial charge >= 0.3 is 0 Å². The van der Waals surface area contributed by atoms with Gasteiger partial charge in [0.25, 0.3) is 0 Å². The molecule has 0 spiro atoms. The Kier molecular flexibility index (Phi) is 4.03. The van der Waals surface area contributed by atoms with Gasteiger partial charge in [0.1, 0.15) is 5.75 Å². The zero-order chi connectivity index (χ0) is 12.1. The SMILES string of the molecule is CCCCCCc1ccc2ccc(O)cc2c1. The van der Waals surface area contributed by atoms with Crippen LogP contribution < -0.4 is 0 Å². The van der Waals surface area contributed by atoms with Crippen molar-refractivity contribution in [1.82, 2.24) is 0 Å². The summed E-state index contributed by atoms with van der Waals surface area (Å²) in [5, 5.41) is 11.8. The molecule has 0 saturated heterocycles. The third-order valence-electron chi connectivity index (χ3n) is 3.21. The number of aryl methyl sites for hydroxylation is 1. The summed E-state index contributed by atoms with van der Waals surface area (Å²) in [5.74, 6) is 0.348. The molecule has 2 aromatic rings. The molecular formula is C16H20O. The highest BCUT2D eigenvalue weighted by molar-refractivity contribution is 5.84. The van der Waals surface area contributed by atoms with Crippen molar-refractivity contribution in [1.29, 1.82) is 0 Å². The van der Waals surface area contributed by atoms with Gasteiger partial charge in [-0.25, -0.2) is 0 Å². The fraction of sp³-hybridized carbons (Fsp3) is 0.375. The minimum absolute atomic E-state index is 0.348. The number of hydrogen-bond acceptors (Lipinski definition) is 1. The van der Waals surface area contributed by atoms with Gasteiger partial charge in [0.05, 0.1) is 0 Å². The van der Waals surface area contributed by atoms with E-state index in [1.165, 1.54) is 36.6 Å². The van der Waals surface area contributed by atoms with E-state index in [2.05, 4.69) is 25.1 Å². The van der Waals surface area contributed by atoms with Crippen molar-refractivity contribution in [3.05, 3.63) is 42.0 Å². The van der Waals surface area contributed by atoms with E-state index in [0.29, 0.717) is 5.75 Å². The van der Waals surface area contributed by atoms with Crippen molar-refractivity contribution in [2.24, 2.45) is 0 Å². The van der Waals surface area contributed by atoms with E-state index in [0.717, 1.165) is 11.8 Å². The molecule has 2 aromatic carbocycles. The number of rotatable bonds is 5. The summed E-state index contributed by atoms with van der Waals surface area (Å²) in [4.78, 5) is 0. The van der Waals surface area contributed by atoms with Crippen LogP contribution in [0.2, 0.25) is 0 Å². The van der Waals surface area contributed by atoms with Crippen LogP contribution in [-0.2, 0) is 6.42 Å². The Bertz CT molecular complexity index is 488. The van der Waals surface area contributed by atoms with Crippen molar-refractivity contribution in [3.63, 3.8) is 0 Å². The molecule has 0 fully saturated rings. The number of unbranched alkanes of at least 4 members (excludes halogenated alkanes) is 3. The second-order valence-electron chi connectivity index (χ2n) is 4.68. The summed E-state index contributed by atoms with van der Waals surface area (Å²) >= 11 is 0. The van der Waals surface area contributed by atoms with Crippen LogP contribution in [-0.4, -0.2) is 5.11 Å². The lowest BCUT2D eigenvalue weighted by Crippen LogP contribution is -1.86. The third-order valence-corrected chi connectivity index (χ3v) is 3.21. The molecule has 1 heteroatoms. The Balaban J connectivity index is 2.08. The molecule has 0 atom stereocenters. The molecule has 90 valence electrons. The van der Waals surface area contributed by atoms with Crippen LogP contribution in [0.3, 0.4) is 0 Å². The van der Waals surface area contributed by atoms with E-state index in [1.54, 1.807) is 6.07 Å². The van der Waals surface area contributed by atoms with Gasteiger partial charge in [-0.05, 0) is 41.3 Å². The number of hydrogen-bond donors (Lipinski definition) is 1. The molecule has 0 aromatic heterocycles. The van der Waals surface area contributed by atoms with Crippen LogP contribution in [0.4, 0.5) is 0 Å². The first-order chi connectivity index (χ1) is 8.29. The number of phenolic OH excluding ortho intramolecular Hbond substituents is 1. The minimum Gasteiger partial charge on any atom is -0.508 e. The van der Waals surface area contributed by atoms with Gasteiger partial charge in [-0.3, -0.25) is 0 Å². The average Bonchev–Trinajstić information content (AvgIpc) is 2.34. The van der Waals surface area contributed by atoms with E-state index in [9.17, 15) is 5.11 Å². The second kappa shape index (κ2) is 5.72. The number of benzene rings is 2. The van der Waals surface area contributed by atoms with Crippen molar-refractivity contribution < 1.29 is 5.11 Å². The molecule has 0 bridgehead atoms. The Morgan fingerprint density at radius 3 is 2.53 bits per heavy atom. The highest BCUT2D eigenvalue weighted by atomic mass is 16.3. The van der Waals surface area contributed by atoms with E-state index in [1.807, 2.05) is 12.1 Å². The zero-order valence-electron chi connectivity index (χ0n) is 10.4. The molecule has 0 aliphatic rings. The van der Waals surface area contributed by atoms with E-state index in [-0.39, 0.29) is 0 Å². The second-order valence-corrected chi connectivity index (χ2v) is 4.68. The monoisotopic (exact) mass is 228 g/mol. The predicted molar refractivity (Wildman–Crippen MR) is 73.5 cm³/mol. The zero-order valence-corrected chi connectivity index (χ0v) is 10.4. The predicted octanol–water partition coefficient (Wildman–Crippen LogP) is 4.67. The number of phenols is 1. The molecule has 0 saturated carbocycles. The van der Waals surface area contributed by atoms with Crippen molar-refractivity contribution >= 4 is 10.8 Å². The molecular weight excluding hydrogens is 208 g/mol. The maximum Gasteiger partial charge on any atom is 0.116 e. The summed E-state index contributed by atoms with van der Waals surface area (Å²) in [6.07, 6.45) is 6.33. The fourth-order valence-electron chi connectivity index (χ4n) is 2.20. The topological polar surface area (TPSA) is 20.2 Å². The Hall–Kier alpha value is -1.50. The Morgan fingerprint density at radius 2 is 1.71 bits per heavy atom. The smallest absolute Gasteiger partial charge is 0.116 e. The minimum atomic E-state index is 0.348. The molecule has 0 heterocycles. The molecule has 2 rings (SSSR count). The van der Waals surface area contributed by atoms with Gasteiger partial charge in [0.15, 0.2) is 0 Å². The molecule has 1 N–H and O–H groups in total. The largest absolute Gasteiger partial charge is 0.508 e. The van der Waals surface area contributed by atoms with Crippen LogP contribution >= 0.6 is 0 Å². The molecule has 0 aliphatic heterocycles. The highest BCUT2D eigenvalue weighted by Crippen LogP contribution is 2.22. The van der Waals surface area contributed by atoms with Gasteiger partial charge in [-0.2, -0.15) is 0 Å². The van der Waals surface area contributed by atoms with E-state index >= 15 is 0 Å². The first-order valence-electron chi connectivity index (χ1n) is 6.51. The van der Waals surface area contributed by atoms with Crippen LogP contribution in [0.5, 0.6) is 5.75 Å². The highest BCUT2D eigenvalue weighted by Gasteiger charge is 1.98. The van der Waals surface area contributed by atoms with Crippen molar-refractivity contribution in [3.8, 4) is 5.75 Å². The Morgan fingerprint density at radius 1 is 0.882 bits per heavy atom. The van der Waals surface area contributed by atoms with Crippen molar-refractivity contribution in [2.75, 3.05) is 0 Å². The first-order valence-corrected chi connectivity index (χ1v) is 6.51. The summed E-state index contributed by atoms with van der Waals surface area (Å²) in [6, 6.07) is 12.1. The lowest BCUT2D eigenvalue weighted by Gasteiger charge is -2.04. The Labute approximate surface area is 103 Å². The van der Waals surface area contributed by atoms with E-state index < -0.39 is 0 Å². The first kappa shape index (κ1) is 12.0. The van der Waals surface area contributed by atoms with Gasteiger partial charge < -0.3 is 5.11 Å². The quantitative estimate of drug-likeness (QED) is 0.737. The number of aromatic hydroxyl groups is 1. The molecule has 0 aliphatic carbocycles. The summed E-state index contributed by atoms with van der Waals surface area (Å²) in [5.41, 5.74) is 1.37. The maximum absolute atomic E-state index is 9.47. The average molecular weight is 228 g/mol. The lowest BCUT2D eigenvalue weighted by atomic mass is 10.0. The van der Waals surface area contributed by atoms with Crippen LogP contribution in [0, 0.1) is 0 Å². The van der Waals surface area contributed by atoms with E-state index in [4.69, 9.17) is 0 Å². The third kappa shape index (κ3) is 3.23. The molecule has 0 unspecified atom stereocenters. The summed E-state index contributed by atoms with van der Waals surface area (Å²) in [6.45, 7) is 2.23. The summed E-state index contributed by atoms with van der Waals surface area (Å²) in [7, 11) is 0. The van der Waals surface area contributed by atoms with Crippen molar-refractivity contribution in [2.45, 2.75) is 39.0 Å². The molecule has 0 amide bonds. The number of fused-ring (bicyclic) bond motifs is 1. The molecule has 0 radical (unpaired) electrons. The standard InChI is InChI=1S/C16H20O/c1-2-3-4-5-6-13-7-8-14-9-10-16(17)12-15(14)11-13/h7-12,17H,2-6H2,1H3. The van der Waals surface area contributed by atoms with Gasteiger partial charge in [0, 0.05) is 0 Å². The summed E-state index contributed by atoms with van der Waals surface area (Å²) < 4.78 is 0. The van der Waals surface area contributed by atoms with Gasteiger partial charge in [0.2, 0.25) is 0 Å². The normalized spacial score (nSPS) is 10.9. The van der Waals surface area contributed by atoms with Gasteiger partial charge in [-0.1, -0.05) is 50.5 Å². The maximum atomic E-state index is 9.47. The lowest BCUT2D eigenvalue weighted by molar-refractivity contribution is 0.476. The molecule has 17 heavy (non-hydrogen) atoms. The van der Waals surface area contributed by atoms with Crippen LogP contribution in [0.25, 0.3) is 10.8 Å². The molecule has 1 nitrogen and oxygen atoms in total. The van der Waals surface area contributed by atoms with Gasteiger partial charge in [-0.15, -0.1) is 0 Å². The van der Waals surface area contributed by atoms with Crippen LogP contribution in [0.1, 0.15) is 38.2 Å².